The van der Waals surface area contributed by atoms with E-state index >= 15 is 0 Å². The average Bonchev–Trinajstić information content (AvgIpc) is 3.28. The maximum Gasteiger partial charge on any atom is 0.238 e. The quantitative estimate of drug-likeness (QED) is 0.762. The lowest BCUT2D eigenvalue weighted by Gasteiger charge is -2.28. The van der Waals surface area contributed by atoms with Gasteiger partial charge in [-0.25, -0.2) is 8.42 Å². The first kappa shape index (κ1) is 19.9. The largest absolute Gasteiger partial charge is 0.454 e. The minimum atomic E-state index is -3.37. The lowest BCUT2D eigenvalue weighted by molar-refractivity contribution is -0.124. The topological polar surface area (TPSA) is 84.9 Å². The second-order valence-electron chi connectivity index (χ2n) is 7.75. The number of nitrogens with one attached hydrogen (secondary N) is 1. The molecule has 0 aromatic heterocycles. The van der Waals surface area contributed by atoms with E-state index < -0.39 is 16.1 Å². The highest BCUT2D eigenvalue weighted by Crippen LogP contribution is 2.36. The summed E-state index contributed by atoms with van der Waals surface area (Å²) in [6.45, 7) is 6.95. The number of ether oxygens (including phenoxy) is 2. The van der Waals surface area contributed by atoms with Crippen LogP contribution in [0.4, 0.5) is 0 Å². The van der Waals surface area contributed by atoms with E-state index in [2.05, 4.69) is 5.32 Å². The summed E-state index contributed by atoms with van der Waals surface area (Å²) >= 11 is 0. The molecular formula is C19H28N2O5S. The normalized spacial score (nSPS) is 20.0. The van der Waals surface area contributed by atoms with Crippen molar-refractivity contribution in [2.75, 3.05) is 25.6 Å². The van der Waals surface area contributed by atoms with Gasteiger partial charge in [-0.1, -0.05) is 26.8 Å². The fraction of sp³-hybridized carbons (Fsp3) is 0.632. The van der Waals surface area contributed by atoms with Gasteiger partial charge < -0.3 is 14.8 Å². The number of hydrogen-bond acceptors (Lipinski definition) is 5. The summed E-state index contributed by atoms with van der Waals surface area (Å²) in [5.41, 5.74) is 0.691. The molecule has 0 spiro atoms. The van der Waals surface area contributed by atoms with Crippen molar-refractivity contribution in [3.63, 3.8) is 0 Å². The summed E-state index contributed by atoms with van der Waals surface area (Å²) in [4.78, 5) is 12.7. The number of hydrogen-bond donors (Lipinski definition) is 1. The highest BCUT2D eigenvalue weighted by molar-refractivity contribution is 7.89. The Hall–Kier alpha value is -1.80. The van der Waals surface area contributed by atoms with Gasteiger partial charge in [-0.2, -0.15) is 4.31 Å². The molecular weight excluding hydrogens is 368 g/mol. The van der Waals surface area contributed by atoms with E-state index in [0.29, 0.717) is 38.1 Å². The molecule has 7 nitrogen and oxygen atoms in total. The molecule has 27 heavy (non-hydrogen) atoms. The molecule has 150 valence electrons. The molecule has 1 unspecified atom stereocenters. The summed E-state index contributed by atoms with van der Waals surface area (Å²) in [5.74, 6) is 1.29. The van der Waals surface area contributed by atoms with E-state index in [-0.39, 0.29) is 23.9 Å². The fourth-order valence-corrected chi connectivity index (χ4v) is 5.30. The Labute approximate surface area is 161 Å². The van der Waals surface area contributed by atoms with E-state index in [1.54, 1.807) is 0 Å². The van der Waals surface area contributed by atoms with Crippen molar-refractivity contribution in [1.29, 1.82) is 0 Å². The Balaban J connectivity index is 1.65. The molecule has 2 aliphatic rings. The zero-order chi connectivity index (χ0) is 19.7. The maximum atomic E-state index is 12.7. The zero-order valence-corrected chi connectivity index (χ0v) is 17.0. The molecule has 1 fully saturated rings. The van der Waals surface area contributed by atoms with Crippen molar-refractivity contribution < 1.29 is 22.7 Å². The van der Waals surface area contributed by atoms with Crippen LogP contribution in [0.2, 0.25) is 0 Å². The van der Waals surface area contributed by atoms with Crippen LogP contribution in [-0.4, -0.2) is 50.3 Å². The van der Waals surface area contributed by atoms with Crippen LogP contribution in [-0.2, 0) is 20.2 Å². The minimum absolute atomic E-state index is 0.0828. The molecule has 0 bridgehead atoms. The van der Waals surface area contributed by atoms with Crippen molar-refractivity contribution in [2.45, 2.75) is 51.5 Å². The van der Waals surface area contributed by atoms with Gasteiger partial charge in [-0.05, 0) is 37.0 Å². The van der Waals surface area contributed by atoms with Gasteiger partial charge >= 0.3 is 0 Å². The maximum absolute atomic E-state index is 12.7. The van der Waals surface area contributed by atoms with Crippen LogP contribution in [0.25, 0.3) is 0 Å². The van der Waals surface area contributed by atoms with Crippen LogP contribution in [0.5, 0.6) is 11.5 Å². The van der Waals surface area contributed by atoms with E-state index in [1.165, 1.54) is 4.31 Å². The van der Waals surface area contributed by atoms with E-state index in [1.807, 2.05) is 39.0 Å². The predicted octanol–water partition coefficient (Wildman–Crippen LogP) is 2.01. The molecule has 1 amide bonds. The Kier molecular flexibility index (Phi) is 5.67. The van der Waals surface area contributed by atoms with Gasteiger partial charge in [0, 0.05) is 18.5 Å². The van der Waals surface area contributed by atoms with Crippen molar-refractivity contribution in [3.05, 3.63) is 23.8 Å². The van der Waals surface area contributed by atoms with E-state index in [9.17, 15) is 13.2 Å². The molecule has 2 aliphatic heterocycles. The molecule has 8 heteroatoms. The van der Waals surface area contributed by atoms with Crippen LogP contribution < -0.4 is 14.8 Å². The second-order valence-corrected chi connectivity index (χ2v) is 9.80. The average molecular weight is 397 g/mol. The van der Waals surface area contributed by atoms with Crippen molar-refractivity contribution in [3.8, 4) is 11.5 Å². The number of fused-ring (bicyclic) bond motifs is 1. The van der Waals surface area contributed by atoms with Crippen LogP contribution in [0.3, 0.4) is 0 Å². The van der Waals surface area contributed by atoms with Crippen LogP contribution in [0.15, 0.2) is 18.2 Å². The molecule has 3 rings (SSSR count). The number of carbonyl (C=O) groups excluding carboxylic acids is 1. The molecule has 0 radical (unpaired) electrons. The van der Waals surface area contributed by atoms with Gasteiger partial charge in [0.1, 0.15) is 6.04 Å². The summed E-state index contributed by atoms with van der Waals surface area (Å²) in [6.07, 6.45) is 1.83. The number of sulfonamides is 1. The number of benzene rings is 1. The van der Waals surface area contributed by atoms with Gasteiger partial charge in [-0.3, -0.25) is 4.79 Å². The smallest absolute Gasteiger partial charge is 0.238 e. The molecule has 2 heterocycles. The first-order valence-electron chi connectivity index (χ1n) is 9.42. The first-order chi connectivity index (χ1) is 12.7. The Morgan fingerprint density at radius 3 is 2.78 bits per heavy atom. The van der Waals surface area contributed by atoms with Gasteiger partial charge in [0.2, 0.25) is 22.7 Å². The van der Waals surface area contributed by atoms with Crippen LogP contribution in [0.1, 0.15) is 45.6 Å². The summed E-state index contributed by atoms with van der Waals surface area (Å²) in [6, 6.07) is 5.17. The van der Waals surface area contributed by atoms with E-state index in [4.69, 9.17) is 9.47 Å². The van der Waals surface area contributed by atoms with Gasteiger partial charge in [0.05, 0.1) is 5.75 Å². The third-order valence-electron chi connectivity index (χ3n) is 5.18. The van der Waals surface area contributed by atoms with Gasteiger partial charge in [-0.15, -0.1) is 0 Å². The molecule has 1 aromatic rings. The number of carbonyl (C=O) groups is 1. The van der Waals surface area contributed by atoms with E-state index in [0.717, 1.165) is 11.3 Å². The Bertz CT molecular complexity index is 806. The molecule has 1 saturated heterocycles. The van der Waals surface area contributed by atoms with Crippen molar-refractivity contribution >= 4 is 15.9 Å². The molecule has 0 aliphatic carbocycles. The van der Waals surface area contributed by atoms with Crippen molar-refractivity contribution in [1.82, 2.24) is 9.62 Å². The highest BCUT2D eigenvalue weighted by Gasteiger charge is 2.38. The molecule has 1 N–H and O–H groups in total. The lowest BCUT2D eigenvalue weighted by atomic mass is 9.84. The number of amides is 1. The third kappa shape index (κ3) is 4.21. The predicted molar refractivity (Wildman–Crippen MR) is 102 cm³/mol. The Morgan fingerprint density at radius 2 is 2.04 bits per heavy atom. The van der Waals surface area contributed by atoms with Crippen LogP contribution >= 0.6 is 0 Å². The first-order valence-corrected chi connectivity index (χ1v) is 11.0. The van der Waals surface area contributed by atoms with Crippen molar-refractivity contribution in [2.24, 2.45) is 0 Å². The number of rotatable bonds is 7. The summed E-state index contributed by atoms with van der Waals surface area (Å²) < 4.78 is 36.9. The highest BCUT2D eigenvalue weighted by atomic mass is 32.2. The standard InChI is InChI=1S/C19H28N2O5S/c1-4-10-27(23,24)21-9-5-6-15(21)18(22)20-12-19(2,3)14-7-8-16-17(11-14)26-13-25-16/h7-8,11,15H,4-6,9-10,12-13H2,1-3H3,(H,20,22). The van der Waals surface area contributed by atoms with Gasteiger partial charge in [0.25, 0.3) is 0 Å². The third-order valence-corrected chi connectivity index (χ3v) is 7.26. The zero-order valence-electron chi connectivity index (χ0n) is 16.2. The second kappa shape index (κ2) is 7.67. The van der Waals surface area contributed by atoms with Gasteiger partial charge in [0.15, 0.2) is 11.5 Å². The minimum Gasteiger partial charge on any atom is -0.454 e. The summed E-state index contributed by atoms with van der Waals surface area (Å²) in [5, 5.41) is 2.96. The molecule has 1 aromatic carbocycles. The fourth-order valence-electron chi connectivity index (χ4n) is 3.56. The molecule has 1 atom stereocenters. The lowest BCUT2D eigenvalue weighted by Crippen LogP contribution is -2.48. The molecule has 0 saturated carbocycles. The van der Waals surface area contributed by atoms with Crippen LogP contribution in [0, 0.1) is 0 Å². The Morgan fingerprint density at radius 1 is 1.30 bits per heavy atom. The summed E-state index contributed by atoms with van der Waals surface area (Å²) in [7, 11) is -3.37. The monoisotopic (exact) mass is 396 g/mol. The number of nitrogens with zero attached hydrogens (tertiary/aromatic N) is 1. The SMILES string of the molecule is CCCS(=O)(=O)N1CCCC1C(=O)NCC(C)(C)c1ccc2c(c1)OCO2.